The van der Waals surface area contributed by atoms with Gasteiger partial charge in [0.1, 0.15) is 5.82 Å². The van der Waals surface area contributed by atoms with E-state index in [9.17, 15) is 4.79 Å². The molecule has 0 aliphatic rings. The lowest BCUT2D eigenvalue weighted by Gasteiger charge is -2.06. The Morgan fingerprint density at radius 2 is 2.05 bits per heavy atom. The van der Waals surface area contributed by atoms with E-state index < -0.39 is 0 Å². The number of unbranched alkanes of at least 4 members (excludes halogenated alkanes) is 1. The van der Waals surface area contributed by atoms with Crippen molar-refractivity contribution in [2.24, 2.45) is 0 Å². The Balaban J connectivity index is 1.96. The van der Waals surface area contributed by atoms with Crippen LogP contribution in [0.4, 0.5) is 11.5 Å². The molecule has 2 aromatic rings. The molecule has 0 saturated carbocycles. The van der Waals surface area contributed by atoms with Gasteiger partial charge in [-0.3, -0.25) is 4.79 Å². The zero-order valence-electron chi connectivity index (χ0n) is 12.4. The number of nitrogens with zero attached hydrogens (tertiary/aromatic N) is 2. The minimum atomic E-state index is -0.256. The Morgan fingerprint density at radius 1 is 1.19 bits per heavy atom. The molecule has 0 bridgehead atoms. The van der Waals surface area contributed by atoms with Gasteiger partial charge in [0.15, 0.2) is 5.69 Å². The van der Waals surface area contributed by atoms with Gasteiger partial charge in [0, 0.05) is 12.2 Å². The van der Waals surface area contributed by atoms with Crippen molar-refractivity contribution in [2.45, 2.75) is 26.7 Å². The summed E-state index contributed by atoms with van der Waals surface area (Å²) in [7, 11) is 0. The smallest absolute Gasteiger partial charge is 0.276 e. The molecule has 1 aromatic carbocycles. The number of carbonyl (C=O) groups is 1. The van der Waals surface area contributed by atoms with E-state index in [-0.39, 0.29) is 5.91 Å². The monoisotopic (exact) mass is 284 g/mol. The lowest BCUT2D eigenvalue weighted by Crippen LogP contribution is -2.15. The average Bonchev–Trinajstić information content (AvgIpc) is 2.48. The van der Waals surface area contributed by atoms with Gasteiger partial charge in [0.25, 0.3) is 5.91 Å². The molecule has 1 amide bonds. The van der Waals surface area contributed by atoms with Gasteiger partial charge in [-0.2, -0.15) is 0 Å². The van der Waals surface area contributed by atoms with Crippen molar-refractivity contribution in [3.8, 4) is 0 Å². The molecule has 1 heterocycles. The second-order valence-electron chi connectivity index (χ2n) is 4.91. The van der Waals surface area contributed by atoms with E-state index in [0.29, 0.717) is 11.5 Å². The number of hydrogen-bond donors (Lipinski definition) is 2. The summed E-state index contributed by atoms with van der Waals surface area (Å²) in [5, 5.41) is 13.9. The molecule has 0 radical (unpaired) electrons. The van der Waals surface area contributed by atoms with Crippen LogP contribution in [0.15, 0.2) is 36.4 Å². The molecule has 2 rings (SSSR count). The fourth-order valence-corrected chi connectivity index (χ4v) is 1.86. The van der Waals surface area contributed by atoms with Gasteiger partial charge < -0.3 is 10.6 Å². The largest absolute Gasteiger partial charge is 0.369 e. The van der Waals surface area contributed by atoms with Gasteiger partial charge >= 0.3 is 0 Å². The number of amides is 1. The van der Waals surface area contributed by atoms with Crippen LogP contribution < -0.4 is 10.6 Å². The molecule has 0 fully saturated rings. The van der Waals surface area contributed by atoms with Crippen LogP contribution in [0.2, 0.25) is 0 Å². The number of aromatic nitrogens is 2. The lowest BCUT2D eigenvalue weighted by atomic mass is 10.2. The third-order valence-corrected chi connectivity index (χ3v) is 3.01. The molecular formula is C16H20N4O. The molecule has 0 spiro atoms. The molecule has 5 nitrogen and oxygen atoms in total. The van der Waals surface area contributed by atoms with Gasteiger partial charge in [-0.25, -0.2) is 0 Å². The van der Waals surface area contributed by atoms with E-state index in [4.69, 9.17) is 0 Å². The summed E-state index contributed by atoms with van der Waals surface area (Å²) in [6.07, 6.45) is 2.20. The SMILES string of the molecule is CCCCNc1ccc(C(=O)Nc2cccc(C)c2)nn1. The zero-order chi connectivity index (χ0) is 15.1. The average molecular weight is 284 g/mol. The predicted octanol–water partition coefficient (Wildman–Crippen LogP) is 3.25. The first-order valence-electron chi connectivity index (χ1n) is 7.14. The topological polar surface area (TPSA) is 66.9 Å². The van der Waals surface area contributed by atoms with E-state index >= 15 is 0 Å². The van der Waals surface area contributed by atoms with Crippen molar-refractivity contribution in [3.05, 3.63) is 47.7 Å². The number of hydrogen-bond acceptors (Lipinski definition) is 4. The maximum atomic E-state index is 12.1. The summed E-state index contributed by atoms with van der Waals surface area (Å²) >= 11 is 0. The highest BCUT2D eigenvalue weighted by Gasteiger charge is 2.08. The second kappa shape index (κ2) is 7.38. The van der Waals surface area contributed by atoms with Crippen molar-refractivity contribution in [1.29, 1.82) is 0 Å². The molecule has 0 unspecified atom stereocenters. The minimum Gasteiger partial charge on any atom is -0.369 e. The van der Waals surface area contributed by atoms with Crippen LogP contribution in [0.3, 0.4) is 0 Å². The summed E-state index contributed by atoms with van der Waals surface area (Å²) in [5.74, 6) is 0.434. The van der Waals surface area contributed by atoms with Gasteiger partial charge in [0.05, 0.1) is 0 Å². The first-order chi connectivity index (χ1) is 10.2. The summed E-state index contributed by atoms with van der Waals surface area (Å²) in [4.78, 5) is 12.1. The molecule has 2 N–H and O–H groups in total. The number of aryl methyl sites for hydroxylation is 1. The molecule has 0 aliphatic carbocycles. The van der Waals surface area contributed by atoms with Gasteiger partial charge in [-0.1, -0.05) is 25.5 Å². The van der Waals surface area contributed by atoms with Crippen molar-refractivity contribution in [3.63, 3.8) is 0 Å². The van der Waals surface area contributed by atoms with Crippen molar-refractivity contribution >= 4 is 17.4 Å². The van der Waals surface area contributed by atoms with Crippen molar-refractivity contribution in [1.82, 2.24) is 10.2 Å². The third kappa shape index (κ3) is 4.56. The molecule has 110 valence electrons. The number of benzene rings is 1. The van der Waals surface area contributed by atoms with Crippen molar-refractivity contribution < 1.29 is 4.79 Å². The highest BCUT2D eigenvalue weighted by molar-refractivity contribution is 6.02. The highest BCUT2D eigenvalue weighted by Crippen LogP contribution is 2.11. The van der Waals surface area contributed by atoms with Crippen LogP contribution in [-0.4, -0.2) is 22.6 Å². The number of rotatable bonds is 6. The third-order valence-electron chi connectivity index (χ3n) is 3.01. The lowest BCUT2D eigenvalue weighted by molar-refractivity contribution is 0.102. The fourth-order valence-electron chi connectivity index (χ4n) is 1.86. The molecule has 0 aliphatic heterocycles. The Hall–Kier alpha value is -2.43. The first-order valence-corrected chi connectivity index (χ1v) is 7.14. The number of carbonyl (C=O) groups excluding carboxylic acids is 1. The van der Waals surface area contributed by atoms with Gasteiger partial charge in [-0.15, -0.1) is 10.2 Å². The van der Waals surface area contributed by atoms with Crippen LogP contribution in [-0.2, 0) is 0 Å². The van der Waals surface area contributed by atoms with E-state index in [1.807, 2.05) is 31.2 Å². The van der Waals surface area contributed by atoms with Crippen LogP contribution in [0.5, 0.6) is 0 Å². The molecule has 0 atom stereocenters. The number of anilines is 2. The second-order valence-corrected chi connectivity index (χ2v) is 4.91. The zero-order valence-corrected chi connectivity index (χ0v) is 12.4. The van der Waals surface area contributed by atoms with Crippen LogP contribution >= 0.6 is 0 Å². The fraction of sp³-hybridized carbons (Fsp3) is 0.312. The highest BCUT2D eigenvalue weighted by atomic mass is 16.1. The Bertz CT molecular complexity index is 595. The molecule has 1 aromatic heterocycles. The molecule has 21 heavy (non-hydrogen) atoms. The van der Waals surface area contributed by atoms with Crippen LogP contribution in [0.25, 0.3) is 0 Å². The van der Waals surface area contributed by atoms with Crippen LogP contribution in [0.1, 0.15) is 35.8 Å². The number of nitrogens with one attached hydrogen (secondary N) is 2. The normalized spacial score (nSPS) is 10.2. The van der Waals surface area contributed by atoms with Crippen LogP contribution in [0, 0.1) is 6.92 Å². The summed E-state index contributed by atoms with van der Waals surface area (Å²) in [6.45, 7) is 4.97. The Labute approximate surface area is 124 Å². The van der Waals surface area contributed by atoms with E-state index in [2.05, 4.69) is 27.8 Å². The van der Waals surface area contributed by atoms with Crippen molar-refractivity contribution in [2.75, 3.05) is 17.2 Å². The summed E-state index contributed by atoms with van der Waals surface area (Å²) in [5.41, 5.74) is 2.15. The summed E-state index contributed by atoms with van der Waals surface area (Å²) in [6, 6.07) is 11.1. The minimum absolute atomic E-state index is 0.256. The first kappa shape index (κ1) is 15.0. The molecular weight excluding hydrogens is 264 g/mol. The molecule has 5 heteroatoms. The standard InChI is InChI=1S/C16H20N4O/c1-3-4-10-17-15-9-8-14(19-20-15)16(21)18-13-7-5-6-12(2)11-13/h5-9,11H,3-4,10H2,1-2H3,(H,17,20)(H,18,21). The Morgan fingerprint density at radius 3 is 2.71 bits per heavy atom. The quantitative estimate of drug-likeness (QED) is 0.799. The Kier molecular flexibility index (Phi) is 5.26. The van der Waals surface area contributed by atoms with E-state index in [0.717, 1.165) is 30.6 Å². The van der Waals surface area contributed by atoms with E-state index in [1.165, 1.54) is 0 Å². The molecule has 0 saturated heterocycles. The maximum absolute atomic E-state index is 12.1. The summed E-state index contributed by atoms with van der Waals surface area (Å²) < 4.78 is 0. The van der Waals surface area contributed by atoms with E-state index in [1.54, 1.807) is 12.1 Å². The predicted molar refractivity (Wildman–Crippen MR) is 84.6 cm³/mol. The van der Waals surface area contributed by atoms with Gasteiger partial charge in [0.2, 0.25) is 0 Å². The van der Waals surface area contributed by atoms with Gasteiger partial charge in [-0.05, 0) is 43.2 Å². The maximum Gasteiger partial charge on any atom is 0.276 e.